The molecule has 0 saturated carbocycles. The summed E-state index contributed by atoms with van der Waals surface area (Å²) in [5, 5.41) is 8.49. The van der Waals surface area contributed by atoms with Crippen LogP contribution in [0.2, 0.25) is 5.02 Å². The van der Waals surface area contributed by atoms with E-state index in [1.54, 1.807) is 31.2 Å². The normalized spacial score (nSPS) is 11.0. The highest BCUT2D eigenvalue weighted by Crippen LogP contribution is 2.19. The molecule has 2 rings (SSSR count). The van der Waals surface area contributed by atoms with Gasteiger partial charge in [0.25, 0.3) is 5.56 Å². The number of halogens is 1. The third kappa shape index (κ3) is 2.91. The maximum atomic E-state index is 11.6. The van der Waals surface area contributed by atoms with Gasteiger partial charge in [0.05, 0.1) is 5.69 Å². The maximum Gasteiger partial charge on any atom is 0.279 e. The monoisotopic (exact) mass is 280 g/mol. The third-order valence-electron chi connectivity index (χ3n) is 2.19. The average Bonchev–Trinajstić information content (AvgIpc) is 2.30. The molecule has 0 radical (unpaired) electrons. The number of azo groups is 1. The van der Waals surface area contributed by atoms with Crippen molar-refractivity contribution in [2.24, 2.45) is 10.2 Å². The molecule has 0 atom stereocenters. The van der Waals surface area contributed by atoms with Gasteiger partial charge in [-0.1, -0.05) is 11.6 Å². The second-order valence-electron chi connectivity index (χ2n) is 3.56. The summed E-state index contributed by atoms with van der Waals surface area (Å²) in [6.07, 6.45) is 0. The van der Waals surface area contributed by atoms with Gasteiger partial charge in [-0.3, -0.25) is 9.78 Å². The molecule has 92 valence electrons. The number of aryl methyl sites for hydroxylation is 1. The number of H-pyrrole nitrogens is 2. The molecule has 18 heavy (non-hydrogen) atoms. The molecule has 0 aliphatic rings. The molecule has 1 aromatic heterocycles. The Hall–Kier alpha value is -1.79. The number of hydrogen-bond acceptors (Lipinski definition) is 4. The van der Waals surface area contributed by atoms with Crippen LogP contribution in [0, 0.1) is 11.7 Å². The minimum absolute atomic E-state index is 0.207. The van der Waals surface area contributed by atoms with Gasteiger partial charge in [-0.05, 0) is 43.4 Å². The van der Waals surface area contributed by atoms with Gasteiger partial charge >= 0.3 is 0 Å². The lowest BCUT2D eigenvalue weighted by molar-refractivity contribution is 1.01. The van der Waals surface area contributed by atoms with E-state index in [0.717, 1.165) is 0 Å². The zero-order chi connectivity index (χ0) is 13.1. The Morgan fingerprint density at radius 2 is 1.83 bits per heavy atom. The van der Waals surface area contributed by atoms with Crippen LogP contribution in [0.25, 0.3) is 0 Å². The molecule has 0 fully saturated rings. The fourth-order valence-corrected chi connectivity index (χ4v) is 1.70. The number of hydrogen-bond donors (Lipinski definition) is 2. The Morgan fingerprint density at radius 3 is 2.44 bits per heavy atom. The number of aromatic nitrogens is 2. The van der Waals surface area contributed by atoms with Crippen LogP contribution in [0.4, 0.5) is 11.4 Å². The van der Waals surface area contributed by atoms with Crippen molar-refractivity contribution < 1.29 is 0 Å². The first-order valence-corrected chi connectivity index (χ1v) is 5.85. The van der Waals surface area contributed by atoms with Gasteiger partial charge in [0.2, 0.25) is 0 Å². The Morgan fingerprint density at radius 1 is 1.17 bits per heavy atom. The van der Waals surface area contributed by atoms with Crippen molar-refractivity contribution in [1.29, 1.82) is 0 Å². The van der Waals surface area contributed by atoms with Gasteiger partial charge < -0.3 is 4.98 Å². The lowest BCUT2D eigenvalue weighted by atomic mass is 10.3. The van der Waals surface area contributed by atoms with Crippen molar-refractivity contribution >= 4 is 35.2 Å². The molecule has 0 spiro atoms. The van der Waals surface area contributed by atoms with Crippen LogP contribution in [-0.4, -0.2) is 9.97 Å². The summed E-state index contributed by atoms with van der Waals surface area (Å²) in [6, 6.07) is 6.82. The summed E-state index contributed by atoms with van der Waals surface area (Å²) in [5.41, 5.74) is 1.02. The Balaban J connectivity index is 2.38. The van der Waals surface area contributed by atoms with Gasteiger partial charge in [-0.2, -0.15) is 5.11 Å². The topological polar surface area (TPSA) is 73.4 Å². The summed E-state index contributed by atoms with van der Waals surface area (Å²) in [4.78, 5) is 16.9. The third-order valence-corrected chi connectivity index (χ3v) is 2.65. The van der Waals surface area contributed by atoms with Crippen LogP contribution in [-0.2, 0) is 0 Å². The van der Waals surface area contributed by atoms with E-state index in [0.29, 0.717) is 16.4 Å². The van der Waals surface area contributed by atoms with Crippen LogP contribution in [0.3, 0.4) is 0 Å². The maximum absolute atomic E-state index is 11.6. The van der Waals surface area contributed by atoms with Crippen LogP contribution in [0.5, 0.6) is 0 Å². The first-order chi connectivity index (χ1) is 8.56. The first kappa shape index (κ1) is 12.7. The average molecular weight is 281 g/mol. The Bertz CT molecular complexity index is 702. The van der Waals surface area contributed by atoms with Crippen molar-refractivity contribution in [2.75, 3.05) is 0 Å². The molecule has 0 amide bonds. The predicted octanol–water partition coefficient (Wildman–Crippen LogP) is 3.81. The molecule has 0 unspecified atom stereocenters. The first-order valence-electron chi connectivity index (χ1n) is 5.07. The highest BCUT2D eigenvalue weighted by atomic mass is 35.5. The number of aromatic amines is 2. The van der Waals surface area contributed by atoms with Crippen LogP contribution < -0.4 is 5.56 Å². The fraction of sp³-hybridized carbons (Fsp3) is 0.0909. The van der Waals surface area contributed by atoms with Gasteiger partial charge in [0.15, 0.2) is 10.5 Å². The number of nitrogens with zero attached hydrogens (tertiary/aromatic N) is 2. The second kappa shape index (κ2) is 5.24. The van der Waals surface area contributed by atoms with Crippen molar-refractivity contribution in [3.63, 3.8) is 0 Å². The van der Waals surface area contributed by atoms with Crippen molar-refractivity contribution in [1.82, 2.24) is 9.97 Å². The van der Waals surface area contributed by atoms with E-state index in [1.807, 2.05) is 0 Å². The van der Waals surface area contributed by atoms with E-state index in [-0.39, 0.29) is 16.0 Å². The van der Waals surface area contributed by atoms with Gasteiger partial charge in [0, 0.05) is 10.7 Å². The summed E-state index contributed by atoms with van der Waals surface area (Å²) in [5.74, 6) is 0. The molecular formula is C11H9ClN4OS. The quantitative estimate of drug-likeness (QED) is 0.648. The largest absolute Gasteiger partial charge is 0.334 e. The zero-order valence-electron chi connectivity index (χ0n) is 9.40. The van der Waals surface area contributed by atoms with Crippen LogP contribution >= 0.6 is 23.8 Å². The predicted molar refractivity (Wildman–Crippen MR) is 72.6 cm³/mol. The lowest BCUT2D eigenvalue weighted by Gasteiger charge is -1.97. The molecule has 0 saturated heterocycles. The van der Waals surface area contributed by atoms with Crippen molar-refractivity contribution in [3.8, 4) is 0 Å². The smallest absolute Gasteiger partial charge is 0.279 e. The highest BCUT2D eigenvalue weighted by molar-refractivity contribution is 7.71. The number of nitrogens with one attached hydrogen (secondary N) is 2. The Labute approximate surface area is 113 Å². The summed E-state index contributed by atoms with van der Waals surface area (Å²) < 4.78 is 0.267. The van der Waals surface area contributed by atoms with E-state index < -0.39 is 0 Å². The standard InChI is InChI=1S/C11H9ClN4OS/c1-6-9(10(17)14-11(18)13-6)16-15-8-4-2-7(12)3-5-8/h2-5H,1H3,(H2,13,14,17,18). The molecule has 1 aromatic carbocycles. The molecule has 2 aromatic rings. The minimum Gasteiger partial charge on any atom is -0.334 e. The summed E-state index contributed by atoms with van der Waals surface area (Å²) in [7, 11) is 0. The molecule has 0 bridgehead atoms. The molecule has 0 aliphatic heterocycles. The lowest BCUT2D eigenvalue weighted by Crippen LogP contribution is -2.08. The second-order valence-corrected chi connectivity index (χ2v) is 4.40. The molecule has 2 N–H and O–H groups in total. The van der Waals surface area contributed by atoms with Crippen molar-refractivity contribution in [3.05, 3.63) is 50.1 Å². The van der Waals surface area contributed by atoms with Crippen LogP contribution in [0.1, 0.15) is 5.69 Å². The van der Waals surface area contributed by atoms with Gasteiger partial charge in [-0.15, -0.1) is 5.11 Å². The molecule has 1 heterocycles. The molecule has 0 aliphatic carbocycles. The Kier molecular flexibility index (Phi) is 3.69. The summed E-state index contributed by atoms with van der Waals surface area (Å²) >= 11 is 10.6. The number of benzene rings is 1. The van der Waals surface area contributed by atoms with Gasteiger partial charge in [-0.25, -0.2) is 0 Å². The highest BCUT2D eigenvalue weighted by Gasteiger charge is 2.02. The van der Waals surface area contributed by atoms with E-state index >= 15 is 0 Å². The van der Waals surface area contributed by atoms with E-state index in [2.05, 4.69) is 20.2 Å². The van der Waals surface area contributed by atoms with E-state index in [9.17, 15) is 4.79 Å². The molecular weight excluding hydrogens is 272 g/mol. The zero-order valence-corrected chi connectivity index (χ0v) is 11.0. The minimum atomic E-state index is -0.367. The molecule has 5 nitrogen and oxygen atoms in total. The molecule has 7 heteroatoms. The van der Waals surface area contributed by atoms with Gasteiger partial charge in [0.1, 0.15) is 0 Å². The van der Waals surface area contributed by atoms with E-state index in [4.69, 9.17) is 23.8 Å². The summed E-state index contributed by atoms with van der Waals surface area (Å²) in [6.45, 7) is 1.71. The van der Waals surface area contributed by atoms with Crippen molar-refractivity contribution in [2.45, 2.75) is 6.92 Å². The van der Waals surface area contributed by atoms with Crippen LogP contribution in [0.15, 0.2) is 39.3 Å². The van der Waals surface area contributed by atoms with E-state index in [1.165, 1.54) is 0 Å². The fourth-order valence-electron chi connectivity index (χ4n) is 1.33. The SMILES string of the molecule is Cc1[nH]c(=S)[nH]c(=O)c1N=Nc1ccc(Cl)cc1. The number of rotatable bonds is 2.